The number of aromatic nitrogens is 2. The average molecular weight is 314 g/mol. The standard InChI is InChI=1S/C19H14N4O/c20-9-15-14(16-11-23-17-6-2-1-5-13(16)17)8-18(24-19(15)21)12-4-3-7-22-10-12/h1-8,10-11,14,23H,21H2. The van der Waals surface area contributed by atoms with Crippen molar-refractivity contribution in [1.82, 2.24) is 9.97 Å². The van der Waals surface area contributed by atoms with Crippen molar-refractivity contribution in [3.63, 3.8) is 0 Å². The number of para-hydroxylation sites is 1. The normalized spacial score (nSPS) is 17.3. The Bertz CT molecular complexity index is 1010. The van der Waals surface area contributed by atoms with Crippen molar-refractivity contribution >= 4 is 16.7 Å². The van der Waals surface area contributed by atoms with Gasteiger partial charge in [0.2, 0.25) is 5.88 Å². The molecule has 0 radical (unpaired) electrons. The molecule has 5 nitrogen and oxygen atoms in total. The predicted octanol–water partition coefficient (Wildman–Crippen LogP) is 3.41. The fraction of sp³-hybridized carbons (Fsp3) is 0.0526. The maximum absolute atomic E-state index is 9.54. The van der Waals surface area contributed by atoms with Crippen molar-refractivity contribution in [3.05, 3.63) is 83.6 Å². The minimum Gasteiger partial charge on any atom is -0.440 e. The van der Waals surface area contributed by atoms with Gasteiger partial charge in [-0.1, -0.05) is 18.2 Å². The van der Waals surface area contributed by atoms with Crippen LogP contribution in [0.25, 0.3) is 16.7 Å². The molecule has 2 aromatic heterocycles. The van der Waals surface area contributed by atoms with Crippen LogP contribution >= 0.6 is 0 Å². The molecule has 3 aromatic rings. The number of pyridine rings is 1. The summed E-state index contributed by atoms with van der Waals surface area (Å²) in [5, 5.41) is 10.6. The molecule has 0 bridgehead atoms. The predicted molar refractivity (Wildman–Crippen MR) is 91.2 cm³/mol. The van der Waals surface area contributed by atoms with Gasteiger partial charge < -0.3 is 15.5 Å². The Morgan fingerprint density at radius 2 is 2.08 bits per heavy atom. The number of fused-ring (bicyclic) bond motifs is 1. The van der Waals surface area contributed by atoms with E-state index in [-0.39, 0.29) is 11.8 Å². The number of nitriles is 1. The number of nitrogens with one attached hydrogen (secondary N) is 1. The van der Waals surface area contributed by atoms with E-state index in [0.717, 1.165) is 22.0 Å². The van der Waals surface area contributed by atoms with E-state index >= 15 is 0 Å². The molecule has 0 amide bonds. The molecule has 1 unspecified atom stereocenters. The molecule has 3 N–H and O–H groups in total. The Kier molecular flexibility index (Phi) is 3.29. The molecule has 0 aliphatic carbocycles. The second-order valence-corrected chi connectivity index (χ2v) is 5.53. The van der Waals surface area contributed by atoms with Gasteiger partial charge in [-0.2, -0.15) is 5.26 Å². The third-order valence-electron chi connectivity index (χ3n) is 4.14. The zero-order valence-corrected chi connectivity index (χ0v) is 12.7. The van der Waals surface area contributed by atoms with Crippen LogP contribution in [0, 0.1) is 11.3 Å². The molecule has 116 valence electrons. The van der Waals surface area contributed by atoms with Gasteiger partial charge in [-0.15, -0.1) is 0 Å². The number of ether oxygens (including phenoxy) is 1. The number of H-pyrrole nitrogens is 1. The van der Waals surface area contributed by atoms with Crippen LogP contribution in [0.15, 0.2) is 72.5 Å². The Labute approximate surface area is 138 Å². The van der Waals surface area contributed by atoms with Crippen LogP contribution in [-0.2, 0) is 4.74 Å². The molecule has 24 heavy (non-hydrogen) atoms. The Morgan fingerprint density at radius 1 is 1.21 bits per heavy atom. The number of hydrogen-bond acceptors (Lipinski definition) is 4. The van der Waals surface area contributed by atoms with Gasteiger partial charge in [0.1, 0.15) is 17.4 Å². The number of allylic oxidation sites excluding steroid dienone is 2. The number of nitrogens with zero attached hydrogens (tertiary/aromatic N) is 2. The molecule has 3 heterocycles. The SMILES string of the molecule is N#CC1=C(N)OC(c2cccnc2)=CC1c1c[nH]c2ccccc12. The first-order chi connectivity index (χ1) is 11.8. The summed E-state index contributed by atoms with van der Waals surface area (Å²) in [6.45, 7) is 0. The van der Waals surface area contributed by atoms with Crippen molar-refractivity contribution in [2.24, 2.45) is 5.73 Å². The highest BCUT2D eigenvalue weighted by Crippen LogP contribution is 2.38. The first kappa shape index (κ1) is 14.1. The molecule has 0 fully saturated rings. The summed E-state index contributed by atoms with van der Waals surface area (Å²) in [5.41, 5.74) is 9.27. The van der Waals surface area contributed by atoms with Gasteiger partial charge in [-0.3, -0.25) is 4.98 Å². The van der Waals surface area contributed by atoms with Crippen LogP contribution in [0.2, 0.25) is 0 Å². The number of hydrogen-bond donors (Lipinski definition) is 2. The Hall–Kier alpha value is -3.52. The van der Waals surface area contributed by atoms with Crippen LogP contribution < -0.4 is 5.73 Å². The van der Waals surface area contributed by atoms with Crippen molar-refractivity contribution in [2.75, 3.05) is 0 Å². The van der Waals surface area contributed by atoms with Crippen LogP contribution in [0.4, 0.5) is 0 Å². The van der Waals surface area contributed by atoms with E-state index in [1.165, 1.54) is 0 Å². The lowest BCUT2D eigenvalue weighted by atomic mass is 9.89. The van der Waals surface area contributed by atoms with Crippen molar-refractivity contribution in [1.29, 1.82) is 5.26 Å². The van der Waals surface area contributed by atoms with Gasteiger partial charge in [-0.25, -0.2) is 0 Å². The van der Waals surface area contributed by atoms with Crippen molar-refractivity contribution < 1.29 is 4.74 Å². The summed E-state index contributed by atoms with van der Waals surface area (Å²) < 4.78 is 5.66. The maximum atomic E-state index is 9.54. The molecular formula is C19H14N4O. The lowest BCUT2D eigenvalue weighted by Crippen LogP contribution is -2.16. The second kappa shape index (κ2) is 5.60. The number of rotatable bonds is 2. The zero-order chi connectivity index (χ0) is 16.5. The minimum absolute atomic E-state index is 0.133. The zero-order valence-electron chi connectivity index (χ0n) is 12.7. The summed E-state index contributed by atoms with van der Waals surface area (Å²) >= 11 is 0. The third kappa shape index (κ3) is 2.22. The van der Waals surface area contributed by atoms with Gasteiger partial charge in [0.15, 0.2) is 0 Å². The molecule has 1 aliphatic heterocycles. The fourth-order valence-electron chi connectivity index (χ4n) is 2.98. The van der Waals surface area contributed by atoms with Gasteiger partial charge in [0.05, 0.1) is 0 Å². The highest BCUT2D eigenvalue weighted by molar-refractivity contribution is 5.85. The van der Waals surface area contributed by atoms with E-state index in [1.54, 1.807) is 12.4 Å². The van der Waals surface area contributed by atoms with Crippen LogP contribution in [0.5, 0.6) is 0 Å². The number of benzene rings is 1. The third-order valence-corrected chi connectivity index (χ3v) is 4.14. The van der Waals surface area contributed by atoms with E-state index in [1.807, 2.05) is 48.7 Å². The van der Waals surface area contributed by atoms with E-state index in [9.17, 15) is 5.26 Å². The quantitative estimate of drug-likeness (QED) is 0.758. The van der Waals surface area contributed by atoms with E-state index < -0.39 is 0 Å². The summed E-state index contributed by atoms with van der Waals surface area (Å²) in [5.74, 6) is 0.471. The summed E-state index contributed by atoms with van der Waals surface area (Å²) in [6, 6.07) is 13.9. The molecule has 1 aliphatic rings. The molecular weight excluding hydrogens is 300 g/mol. The van der Waals surface area contributed by atoms with Gasteiger partial charge in [0.25, 0.3) is 0 Å². The van der Waals surface area contributed by atoms with Gasteiger partial charge >= 0.3 is 0 Å². The molecule has 0 spiro atoms. The van der Waals surface area contributed by atoms with E-state index in [0.29, 0.717) is 11.3 Å². The average Bonchev–Trinajstić information content (AvgIpc) is 3.06. The summed E-state index contributed by atoms with van der Waals surface area (Å²) in [4.78, 5) is 7.36. The molecule has 0 saturated carbocycles. The molecule has 1 aromatic carbocycles. The topological polar surface area (TPSA) is 87.7 Å². The largest absolute Gasteiger partial charge is 0.440 e. The van der Waals surface area contributed by atoms with Gasteiger partial charge in [-0.05, 0) is 29.8 Å². The van der Waals surface area contributed by atoms with E-state index in [2.05, 4.69) is 16.0 Å². The smallest absolute Gasteiger partial charge is 0.205 e. The monoisotopic (exact) mass is 314 g/mol. The van der Waals surface area contributed by atoms with Crippen LogP contribution in [-0.4, -0.2) is 9.97 Å². The summed E-state index contributed by atoms with van der Waals surface area (Å²) in [6.07, 6.45) is 7.25. The first-order valence-electron chi connectivity index (χ1n) is 7.54. The van der Waals surface area contributed by atoms with Crippen molar-refractivity contribution in [2.45, 2.75) is 5.92 Å². The van der Waals surface area contributed by atoms with Crippen molar-refractivity contribution in [3.8, 4) is 6.07 Å². The molecule has 5 heteroatoms. The van der Waals surface area contributed by atoms with Crippen LogP contribution in [0.1, 0.15) is 17.0 Å². The molecule has 0 saturated heterocycles. The second-order valence-electron chi connectivity index (χ2n) is 5.53. The highest BCUT2D eigenvalue weighted by atomic mass is 16.5. The van der Waals surface area contributed by atoms with Crippen LogP contribution in [0.3, 0.4) is 0 Å². The Morgan fingerprint density at radius 3 is 2.88 bits per heavy atom. The number of aromatic amines is 1. The lowest BCUT2D eigenvalue weighted by Gasteiger charge is -2.22. The molecule has 4 rings (SSSR count). The Balaban J connectivity index is 1.88. The van der Waals surface area contributed by atoms with E-state index in [4.69, 9.17) is 10.5 Å². The maximum Gasteiger partial charge on any atom is 0.205 e. The molecule has 1 atom stereocenters. The fourth-order valence-corrected chi connectivity index (χ4v) is 2.98. The number of nitrogens with two attached hydrogens (primary N) is 1. The first-order valence-corrected chi connectivity index (χ1v) is 7.54. The lowest BCUT2D eigenvalue weighted by molar-refractivity contribution is 0.360. The highest BCUT2D eigenvalue weighted by Gasteiger charge is 2.27. The van der Waals surface area contributed by atoms with Gasteiger partial charge in [0, 0.05) is 41.0 Å². The summed E-state index contributed by atoms with van der Waals surface area (Å²) in [7, 11) is 0. The minimum atomic E-state index is -0.268.